The van der Waals surface area contributed by atoms with Crippen LogP contribution in [-0.4, -0.2) is 32.3 Å². The van der Waals surface area contributed by atoms with Gasteiger partial charge in [-0.2, -0.15) is 5.10 Å². The van der Waals surface area contributed by atoms with Crippen LogP contribution in [0.2, 0.25) is 0 Å². The van der Waals surface area contributed by atoms with Gasteiger partial charge in [0.1, 0.15) is 5.75 Å². The molecule has 1 aliphatic heterocycles. The molecule has 0 aromatic heterocycles. The van der Waals surface area contributed by atoms with E-state index in [1.54, 1.807) is 31.4 Å². The monoisotopic (exact) mass is 429 g/mol. The lowest BCUT2D eigenvalue weighted by Crippen LogP contribution is -2.18. The number of anilines is 1. The maximum absolute atomic E-state index is 12.5. The van der Waals surface area contributed by atoms with Crippen LogP contribution in [0.25, 0.3) is 0 Å². The molecular weight excluding hydrogens is 406 g/mol. The molecule has 0 fully saturated rings. The van der Waals surface area contributed by atoms with Crippen molar-refractivity contribution in [1.82, 2.24) is 5.43 Å². The Morgan fingerprint density at radius 1 is 0.906 bits per heavy atom. The fourth-order valence-electron chi connectivity index (χ4n) is 3.56. The molecule has 0 spiro atoms. The number of carbonyl (C=O) groups is 2. The maximum Gasteiger partial charge on any atom is 0.337 e. The molecule has 7 nitrogen and oxygen atoms in total. The summed E-state index contributed by atoms with van der Waals surface area (Å²) in [5.74, 6) is 0.145. The first-order valence-electron chi connectivity index (χ1n) is 10.1. The van der Waals surface area contributed by atoms with Crippen molar-refractivity contribution in [2.45, 2.75) is 13.1 Å². The highest BCUT2D eigenvalue weighted by atomic mass is 16.5. The molecule has 1 aliphatic rings. The summed E-state index contributed by atoms with van der Waals surface area (Å²) in [5.41, 5.74) is 7.74. The van der Waals surface area contributed by atoms with Gasteiger partial charge in [0, 0.05) is 24.3 Å². The lowest BCUT2D eigenvalue weighted by molar-refractivity contribution is 0.0600. The number of methoxy groups -OCH3 is 2. The molecular formula is C25H23N3O4. The quantitative estimate of drug-likeness (QED) is 0.367. The summed E-state index contributed by atoms with van der Waals surface area (Å²) in [5, 5.41) is 4.02. The van der Waals surface area contributed by atoms with E-state index in [1.807, 2.05) is 42.5 Å². The molecule has 0 unspecified atom stereocenters. The second-order valence-electron chi connectivity index (χ2n) is 7.35. The molecule has 0 bridgehead atoms. The van der Waals surface area contributed by atoms with Crippen LogP contribution in [0.15, 0.2) is 71.8 Å². The SMILES string of the molecule is COC(=O)c1ccc(/C=N/NC(=O)c2ccc3c(c2)CN(c2ccc(OC)cc2)C3)cc1. The van der Waals surface area contributed by atoms with Gasteiger partial charge in [0.05, 0.1) is 26.0 Å². The van der Waals surface area contributed by atoms with Crippen molar-refractivity contribution >= 4 is 23.8 Å². The molecule has 3 aromatic rings. The second kappa shape index (κ2) is 9.34. The van der Waals surface area contributed by atoms with Crippen LogP contribution in [-0.2, 0) is 17.8 Å². The van der Waals surface area contributed by atoms with Crippen LogP contribution in [0, 0.1) is 0 Å². The van der Waals surface area contributed by atoms with Crippen molar-refractivity contribution in [3.8, 4) is 5.75 Å². The third-order valence-electron chi connectivity index (χ3n) is 5.34. The highest BCUT2D eigenvalue weighted by molar-refractivity contribution is 5.95. The Hall–Kier alpha value is -4.13. The zero-order valence-electron chi connectivity index (χ0n) is 17.9. The van der Waals surface area contributed by atoms with Gasteiger partial charge in [-0.25, -0.2) is 10.2 Å². The third-order valence-corrected chi connectivity index (χ3v) is 5.34. The first-order chi connectivity index (χ1) is 15.6. The van der Waals surface area contributed by atoms with Gasteiger partial charge >= 0.3 is 5.97 Å². The summed E-state index contributed by atoms with van der Waals surface area (Å²) in [6.07, 6.45) is 1.53. The summed E-state index contributed by atoms with van der Waals surface area (Å²) in [6, 6.07) is 20.4. The summed E-state index contributed by atoms with van der Waals surface area (Å²) in [4.78, 5) is 26.2. The minimum Gasteiger partial charge on any atom is -0.497 e. The van der Waals surface area contributed by atoms with Gasteiger partial charge in [0.25, 0.3) is 5.91 Å². The Bertz CT molecular complexity index is 1150. The number of benzene rings is 3. The number of rotatable bonds is 6. The molecule has 1 amide bonds. The van der Waals surface area contributed by atoms with Gasteiger partial charge in [0.15, 0.2) is 0 Å². The molecule has 1 N–H and O–H groups in total. The van der Waals surface area contributed by atoms with Gasteiger partial charge in [-0.15, -0.1) is 0 Å². The van der Waals surface area contributed by atoms with E-state index in [9.17, 15) is 9.59 Å². The minimum absolute atomic E-state index is 0.280. The summed E-state index contributed by atoms with van der Waals surface area (Å²) in [6.45, 7) is 1.53. The van der Waals surface area contributed by atoms with Crippen molar-refractivity contribution in [2.24, 2.45) is 5.10 Å². The van der Waals surface area contributed by atoms with E-state index in [-0.39, 0.29) is 5.91 Å². The van der Waals surface area contributed by atoms with Gasteiger partial charge in [-0.05, 0) is 65.2 Å². The average Bonchev–Trinajstić information content (AvgIpc) is 3.27. The Labute approximate surface area is 186 Å². The fourth-order valence-corrected chi connectivity index (χ4v) is 3.56. The molecule has 0 aliphatic carbocycles. The normalized spacial score (nSPS) is 12.5. The standard InChI is InChI=1S/C25H23N3O4/c1-31-23-11-9-22(10-12-23)28-15-20-8-7-19(13-21(20)16-28)24(29)27-26-14-17-3-5-18(6-4-17)25(30)32-2/h3-14H,15-16H2,1-2H3,(H,27,29)/b26-14+. The maximum atomic E-state index is 12.5. The fraction of sp³-hybridized carbons (Fsp3) is 0.160. The number of ether oxygens (including phenoxy) is 2. The van der Waals surface area contributed by atoms with E-state index in [0.717, 1.165) is 35.7 Å². The van der Waals surface area contributed by atoms with E-state index in [2.05, 4.69) is 20.2 Å². The molecule has 7 heteroatoms. The van der Waals surface area contributed by atoms with Gasteiger partial charge in [-0.1, -0.05) is 18.2 Å². The molecule has 0 saturated heterocycles. The summed E-state index contributed by atoms with van der Waals surface area (Å²) in [7, 11) is 2.99. The Balaban J connectivity index is 1.37. The zero-order valence-corrected chi connectivity index (χ0v) is 17.9. The highest BCUT2D eigenvalue weighted by Gasteiger charge is 2.20. The van der Waals surface area contributed by atoms with Crippen LogP contribution < -0.4 is 15.1 Å². The smallest absolute Gasteiger partial charge is 0.337 e. The number of fused-ring (bicyclic) bond motifs is 1. The molecule has 162 valence electrons. The molecule has 0 radical (unpaired) electrons. The van der Waals surface area contributed by atoms with E-state index >= 15 is 0 Å². The van der Waals surface area contributed by atoms with Crippen LogP contribution in [0.4, 0.5) is 5.69 Å². The highest BCUT2D eigenvalue weighted by Crippen LogP contribution is 2.30. The number of nitrogens with zero attached hydrogens (tertiary/aromatic N) is 2. The van der Waals surface area contributed by atoms with Crippen LogP contribution >= 0.6 is 0 Å². The van der Waals surface area contributed by atoms with E-state index in [0.29, 0.717) is 11.1 Å². The first-order valence-corrected chi connectivity index (χ1v) is 10.1. The van der Waals surface area contributed by atoms with Gasteiger partial charge in [-0.3, -0.25) is 4.79 Å². The van der Waals surface area contributed by atoms with E-state index in [4.69, 9.17) is 4.74 Å². The lowest BCUT2D eigenvalue weighted by atomic mass is 10.1. The Morgan fingerprint density at radius 3 is 2.28 bits per heavy atom. The molecule has 0 saturated carbocycles. The Morgan fingerprint density at radius 2 is 1.59 bits per heavy atom. The predicted octanol–water partition coefficient (Wildman–Crippen LogP) is 3.77. The van der Waals surface area contributed by atoms with Crippen LogP contribution in [0.5, 0.6) is 5.75 Å². The first kappa shape index (κ1) is 21.1. The molecule has 4 rings (SSSR count). The van der Waals surface area contributed by atoms with Gasteiger partial charge in [0.2, 0.25) is 0 Å². The van der Waals surface area contributed by atoms with E-state index < -0.39 is 5.97 Å². The van der Waals surface area contributed by atoms with Crippen molar-refractivity contribution < 1.29 is 19.1 Å². The van der Waals surface area contributed by atoms with Crippen molar-refractivity contribution in [3.05, 3.63) is 94.5 Å². The summed E-state index contributed by atoms with van der Waals surface area (Å²) >= 11 is 0. The van der Waals surface area contributed by atoms with Crippen molar-refractivity contribution in [3.63, 3.8) is 0 Å². The van der Waals surface area contributed by atoms with Gasteiger partial charge < -0.3 is 14.4 Å². The Kier molecular flexibility index (Phi) is 6.17. The summed E-state index contributed by atoms with van der Waals surface area (Å²) < 4.78 is 9.90. The number of hydrazone groups is 1. The lowest BCUT2D eigenvalue weighted by Gasteiger charge is -2.17. The molecule has 32 heavy (non-hydrogen) atoms. The van der Waals surface area contributed by atoms with Crippen molar-refractivity contribution in [1.29, 1.82) is 0 Å². The van der Waals surface area contributed by atoms with E-state index in [1.165, 1.54) is 18.9 Å². The topological polar surface area (TPSA) is 80.2 Å². The van der Waals surface area contributed by atoms with Crippen LogP contribution in [0.1, 0.15) is 37.4 Å². The number of esters is 1. The third kappa shape index (κ3) is 4.62. The average molecular weight is 429 g/mol. The molecule has 1 heterocycles. The van der Waals surface area contributed by atoms with Crippen LogP contribution in [0.3, 0.4) is 0 Å². The number of nitrogens with one attached hydrogen (secondary N) is 1. The molecule has 0 atom stereocenters. The zero-order chi connectivity index (χ0) is 22.5. The minimum atomic E-state index is -0.399. The largest absolute Gasteiger partial charge is 0.497 e. The number of hydrogen-bond donors (Lipinski definition) is 1. The number of carbonyl (C=O) groups excluding carboxylic acids is 2. The predicted molar refractivity (Wildman–Crippen MR) is 122 cm³/mol. The van der Waals surface area contributed by atoms with Crippen molar-refractivity contribution in [2.75, 3.05) is 19.1 Å². The number of amides is 1. The second-order valence-corrected chi connectivity index (χ2v) is 7.35. The number of hydrogen-bond acceptors (Lipinski definition) is 6. The molecule has 3 aromatic carbocycles.